The number of aromatic nitrogens is 1. The number of anilines is 2. The highest BCUT2D eigenvalue weighted by Crippen LogP contribution is 2.38. The number of para-hydroxylation sites is 1. The SMILES string of the molecule is CNC(=O)c1ccccc1Nc1cc(N=C2C=NNC2(C)C(=O)OC(C)(C)C)ncc1C(F)(F)F. The average Bonchev–Trinajstić information content (AvgIpc) is 3.13. The van der Waals surface area contributed by atoms with Crippen molar-refractivity contribution in [1.82, 2.24) is 15.7 Å². The van der Waals surface area contributed by atoms with Crippen LogP contribution >= 0.6 is 0 Å². The number of benzene rings is 1. The predicted octanol–water partition coefficient (Wildman–Crippen LogP) is 3.97. The van der Waals surface area contributed by atoms with Crippen LogP contribution in [-0.2, 0) is 15.7 Å². The Labute approximate surface area is 199 Å². The van der Waals surface area contributed by atoms with Crippen molar-refractivity contribution in [3.8, 4) is 0 Å². The van der Waals surface area contributed by atoms with Crippen LogP contribution in [0.5, 0.6) is 0 Å². The molecule has 0 bridgehead atoms. The maximum atomic E-state index is 13.7. The summed E-state index contributed by atoms with van der Waals surface area (Å²) in [4.78, 5) is 33.0. The van der Waals surface area contributed by atoms with Crippen molar-refractivity contribution >= 4 is 41.0 Å². The van der Waals surface area contributed by atoms with Gasteiger partial charge >= 0.3 is 12.1 Å². The average molecular weight is 490 g/mol. The third kappa shape index (κ3) is 5.76. The third-order valence-electron chi connectivity index (χ3n) is 4.89. The summed E-state index contributed by atoms with van der Waals surface area (Å²) in [5, 5.41) is 9.00. The molecule has 1 aliphatic heterocycles. The van der Waals surface area contributed by atoms with E-state index in [1.165, 1.54) is 32.3 Å². The summed E-state index contributed by atoms with van der Waals surface area (Å²) in [6.07, 6.45) is -2.82. The Kier molecular flexibility index (Phi) is 6.86. The van der Waals surface area contributed by atoms with Gasteiger partial charge in [-0.2, -0.15) is 18.3 Å². The van der Waals surface area contributed by atoms with Crippen molar-refractivity contribution in [2.24, 2.45) is 10.1 Å². The van der Waals surface area contributed by atoms with Crippen molar-refractivity contribution in [1.29, 1.82) is 0 Å². The van der Waals surface area contributed by atoms with Gasteiger partial charge in [-0.25, -0.2) is 14.8 Å². The fraction of sp³-hybridized carbons (Fsp3) is 0.348. The molecule has 0 saturated heterocycles. The topological polar surface area (TPSA) is 117 Å². The molecule has 0 spiro atoms. The van der Waals surface area contributed by atoms with Crippen LogP contribution in [0.3, 0.4) is 0 Å². The lowest BCUT2D eigenvalue weighted by atomic mass is 9.97. The maximum Gasteiger partial charge on any atom is 0.419 e. The fourth-order valence-corrected chi connectivity index (χ4v) is 3.11. The summed E-state index contributed by atoms with van der Waals surface area (Å²) in [7, 11) is 1.42. The fourth-order valence-electron chi connectivity index (χ4n) is 3.11. The smallest absolute Gasteiger partial charge is 0.419 e. The summed E-state index contributed by atoms with van der Waals surface area (Å²) in [6.45, 7) is 6.60. The molecule has 1 unspecified atom stereocenters. The molecule has 0 saturated carbocycles. The van der Waals surface area contributed by atoms with Gasteiger partial charge in [-0.05, 0) is 39.8 Å². The van der Waals surface area contributed by atoms with E-state index < -0.39 is 34.8 Å². The number of aliphatic imine (C=N–C) groups is 1. The number of esters is 1. The van der Waals surface area contributed by atoms with E-state index in [4.69, 9.17) is 4.74 Å². The van der Waals surface area contributed by atoms with E-state index >= 15 is 0 Å². The Hall–Kier alpha value is -3.96. The van der Waals surface area contributed by atoms with E-state index in [2.05, 4.69) is 31.1 Å². The minimum Gasteiger partial charge on any atom is -0.458 e. The first kappa shape index (κ1) is 25.7. The largest absolute Gasteiger partial charge is 0.458 e. The monoisotopic (exact) mass is 490 g/mol. The number of carbonyl (C=O) groups is 2. The number of hydrogen-bond donors (Lipinski definition) is 3. The number of hydrazone groups is 1. The van der Waals surface area contributed by atoms with Crippen molar-refractivity contribution < 1.29 is 27.5 Å². The number of halogens is 3. The summed E-state index contributed by atoms with van der Waals surface area (Å²) in [5.41, 5.74) is -0.613. The van der Waals surface area contributed by atoms with Crippen LogP contribution in [0.2, 0.25) is 0 Å². The van der Waals surface area contributed by atoms with Gasteiger partial charge in [-0.3, -0.25) is 10.2 Å². The van der Waals surface area contributed by atoms with Crippen LogP contribution in [0.25, 0.3) is 0 Å². The summed E-state index contributed by atoms with van der Waals surface area (Å²) in [5.74, 6) is -1.25. The minimum atomic E-state index is -4.73. The maximum absolute atomic E-state index is 13.7. The first-order valence-electron chi connectivity index (χ1n) is 10.5. The highest BCUT2D eigenvalue weighted by atomic mass is 19.4. The van der Waals surface area contributed by atoms with Crippen LogP contribution in [0.1, 0.15) is 43.6 Å². The zero-order chi connectivity index (χ0) is 26.0. The highest BCUT2D eigenvalue weighted by molar-refractivity contribution is 6.41. The zero-order valence-electron chi connectivity index (χ0n) is 19.7. The van der Waals surface area contributed by atoms with E-state index in [1.807, 2.05) is 0 Å². The molecule has 12 heteroatoms. The summed E-state index contributed by atoms with van der Waals surface area (Å²) >= 11 is 0. The van der Waals surface area contributed by atoms with E-state index in [0.717, 1.165) is 6.07 Å². The second-order valence-corrected chi connectivity index (χ2v) is 8.83. The molecule has 1 atom stereocenters. The number of nitrogens with zero attached hydrogens (tertiary/aromatic N) is 3. The molecule has 9 nitrogen and oxygen atoms in total. The lowest BCUT2D eigenvalue weighted by Crippen LogP contribution is -2.53. The van der Waals surface area contributed by atoms with Crippen molar-refractivity contribution in [2.75, 3.05) is 12.4 Å². The van der Waals surface area contributed by atoms with Gasteiger partial charge in [0.15, 0.2) is 11.4 Å². The molecule has 1 amide bonds. The van der Waals surface area contributed by atoms with Gasteiger partial charge < -0.3 is 15.4 Å². The molecule has 0 aliphatic carbocycles. The van der Waals surface area contributed by atoms with Crippen molar-refractivity contribution in [3.05, 3.63) is 47.7 Å². The summed E-state index contributed by atoms with van der Waals surface area (Å²) < 4.78 is 46.6. The molecule has 2 heterocycles. The second-order valence-electron chi connectivity index (χ2n) is 8.83. The number of rotatable bonds is 5. The first-order chi connectivity index (χ1) is 16.2. The Morgan fingerprint density at radius 1 is 1.14 bits per heavy atom. The number of nitrogens with one attached hydrogen (secondary N) is 3. The Morgan fingerprint density at radius 2 is 1.83 bits per heavy atom. The van der Waals surface area contributed by atoms with Crippen LogP contribution in [-0.4, -0.2) is 47.0 Å². The Balaban J connectivity index is 2.04. The van der Waals surface area contributed by atoms with Crippen molar-refractivity contribution in [2.45, 2.75) is 45.0 Å². The number of alkyl halides is 3. The van der Waals surface area contributed by atoms with Gasteiger partial charge in [0, 0.05) is 19.3 Å². The molecular formula is C23H25F3N6O3. The zero-order valence-corrected chi connectivity index (χ0v) is 19.7. The molecule has 2 aromatic rings. The van der Waals surface area contributed by atoms with E-state index in [0.29, 0.717) is 6.20 Å². The molecule has 3 rings (SSSR count). The first-order valence-corrected chi connectivity index (χ1v) is 10.5. The number of pyridine rings is 1. The molecule has 0 fully saturated rings. The van der Waals surface area contributed by atoms with Crippen LogP contribution in [0.4, 0.5) is 30.4 Å². The number of ether oxygens (including phenoxy) is 1. The second kappa shape index (κ2) is 9.35. The Bertz CT molecular complexity index is 1200. The quantitative estimate of drug-likeness (QED) is 0.546. The van der Waals surface area contributed by atoms with E-state index in [-0.39, 0.29) is 28.5 Å². The number of hydrogen-bond acceptors (Lipinski definition) is 8. The number of carbonyl (C=O) groups excluding carboxylic acids is 2. The normalized spacial score (nSPS) is 18.8. The highest BCUT2D eigenvalue weighted by Gasteiger charge is 2.44. The van der Waals surface area contributed by atoms with Crippen molar-refractivity contribution in [3.63, 3.8) is 0 Å². The van der Waals surface area contributed by atoms with Gasteiger partial charge in [0.05, 0.1) is 28.7 Å². The lowest BCUT2D eigenvalue weighted by molar-refractivity contribution is -0.159. The molecule has 1 aromatic carbocycles. The van der Waals surface area contributed by atoms with Gasteiger partial charge in [-0.1, -0.05) is 12.1 Å². The van der Waals surface area contributed by atoms with Gasteiger partial charge in [0.1, 0.15) is 11.3 Å². The molecule has 1 aromatic heterocycles. The van der Waals surface area contributed by atoms with E-state index in [9.17, 15) is 22.8 Å². The molecule has 186 valence electrons. The van der Waals surface area contributed by atoms with Crippen LogP contribution < -0.4 is 16.1 Å². The third-order valence-corrected chi connectivity index (χ3v) is 4.89. The predicted molar refractivity (Wildman–Crippen MR) is 125 cm³/mol. The summed E-state index contributed by atoms with van der Waals surface area (Å²) in [6, 6.07) is 7.21. The number of amides is 1. The Morgan fingerprint density at radius 3 is 2.46 bits per heavy atom. The van der Waals surface area contributed by atoms with Gasteiger partial charge in [0.2, 0.25) is 0 Å². The van der Waals surface area contributed by atoms with Gasteiger partial charge in [0.25, 0.3) is 5.91 Å². The standard InChI is InChI=1S/C23H25F3N6O3/c1-21(2,3)35-20(34)22(4)17(12-29-32-22)31-18-10-16(14(11-28-18)23(24,25)26)30-15-9-7-6-8-13(15)19(33)27-5/h6-12,32H,1-5H3,(H,27,33)(H,28,30). The molecule has 3 N–H and O–H groups in total. The molecule has 1 aliphatic rings. The lowest BCUT2D eigenvalue weighted by Gasteiger charge is -2.28. The van der Waals surface area contributed by atoms with Crippen LogP contribution in [0, 0.1) is 0 Å². The molecule has 0 radical (unpaired) electrons. The minimum absolute atomic E-state index is 0.107. The molecule has 35 heavy (non-hydrogen) atoms. The van der Waals surface area contributed by atoms with E-state index in [1.54, 1.807) is 32.9 Å². The van der Waals surface area contributed by atoms with Gasteiger partial charge in [-0.15, -0.1) is 0 Å². The molecular weight excluding hydrogens is 465 g/mol. The van der Waals surface area contributed by atoms with Crippen LogP contribution in [0.15, 0.2) is 46.6 Å².